The van der Waals surface area contributed by atoms with E-state index in [0.29, 0.717) is 12.5 Å². The van der Waals surface area contributed by atoms with Crippen molar-refractivity contribution in [2.45, 2.75) is 26.2 Å². The van der Waals surface area contributed by atoms with Gasteiger partial charge in [0.15, 0.2) is 0 Å². The molecule has 1 saturated heterocycles. The summed E-state index contributed by atoms with van der Waals surface area (Å²) in [6, 6.07) is 15.4. The van der Waals surface area contributed by atoms with E-state index in [4.69, 9.17) is 0 Å². The molecular formula is C20H21BrN2O2. The van der Waals surface area contributed by atoms with Crippen LogP contribution in [-0.4, -0.2) is 18.4 Å². The molecule has 2 amide bonds. The molecule has 130 valence electrons. The molecule has 0 aromatic heterocycles. The Bertz CT molecular complexity index is 769. The Morgan fingerprint density at radius 1 is 1.12 bits per heavy atom. The summed E-state index contributed by atoms with van der Waals surface area (Å²) in [6.45, 7) is 4.68. The molecule has 2 aromatic rings. The van der Waals surface area contributed by atoms with Gasteiger partial charge in [-0.25, -0.2) is 0 Å². The summed E-state index contributed by atoms with van der Waals surface area (Å²) >= 11 is 3.39. The maximum atomic E-state index is 12.5. The van der Waals surface area contributed by atoms with Crippen molar-refractivity contribution in [1.29, 1.82) is 0 Å². The SMILES string of the molecule is CC(C)c1ccc(NC(=O)C2CC(=O)N(c3ccc(Br)cc3)C2)cc1. The lowest BCUT2D eigenvalue weighted by Gasteiger charge is -2.17. The van der Waals surface area contributed by atoms with E-state index >= 15 is 0 Å². The first kappa shape index (κ1) is 17.7. The molecule has 3 rings (SSSR count). The van der Waals surface area contributed by atoms with Crippen LogP contribution in [0.1, 0.15) is 31.7 Å². The lowest BCUT2D eigenvalue weighted by Crippen LogP contribution is -2.28. The zero-order chi connectivity index (χ0) is 18.0. The number of hydrogen-bond donors (Lipinski definition) is 1. The normalized spacial score (nSPS) is 17.2. The van der Waals surface area contributed by atoms with Gasteiger partial charge in [0, 0.05) is 28.8 Å². The molecule has 0 aliphatic carbocycles. The molecule has 2 aromatic carbocycles. The number of halogens is 1. The predicted octanol–water partition coefficient (Wildman–Crippen LogP) is 4.56. The number of hydrogen-bond acceptors (Lipinski definition) is 2. The largest absolute Gasteiger partial charge is 0.326 e. The highest BCUT2D eigenvalue weighted by molar-refractivity contribution is 9.10. The Morgan fingerprint density at radius 2 is 1.76 bits per heavy atom. The fourth-order valence-electron chi connectivity index (χ4n) is 2.95. The third-order valence-corrected chi connectivity index (χ3v) is 5.01. The van der Waals surface area contributed by atoms with E-state index in [1.165, 1.54) is 5.56 Å². The van der Waals surface area contributed by atoms with Gasteiger partial charge >= 0.3 is 0 Å². The molecule has 1 atom stereocenters. The van der Waals surface area contributed by atoms with E-state index in [0.717, 1.165) is 15.8 Å². The molecule has 0 radical (unpaired) electrons. The highest BCUT2D eigenvalue weighted by Gasteiger charge is 2.35. The molecule has 0 spiro atoms. The zero-order valence-electron chi connectivity index (χ0n) is 14.3. The lowest BCUT2D eigenvalue weighted by molar-refractivity contribution is -0.122. The van der Waals surface area contributed by atoms with E-state index in [2.05, 4.69) is 35.1 Å². The second kappa shape index (κ2) is 7.40. The molecule has 1 aliphatic rings. The van der Waals surface area contributed by atoms with Gasteiger partial charge < -0.3 is 10.2 Å². The van der Waals surface area contributed by atoms with E-state index in [1.807, 2.05) is 48.5 Å². The minimum absolute atomic E-state index is 0.0161. The molecule has 1 unspecified atom stereocenters. The van der Waals surface area contributed by atoms with Crippen molar-refractivity contribution in [1.82, 2.24) is 0 Å². The molecule has 5 heteroatoms. The molecule has 0 saturated carbocycles. The van der Waals surface area contributed by atoms with Crippen molar-refractivity contribution >= 4 is 39.1 Å². The number of benzene rings is 2. The third-order valence-electron chi connectivity index (χ3n) is 4.48. The number of carbonyl (C=O) groups excluding carboxylic acids is 2. The van der Waals surface area contributed by atoms with Crippen LogP contribution < -0.4 is 10.2 Å². The first-order chi connectivity index (χ1) is 11.9. The van der Waals surface area contributed by atoms with Gasteiger partial charge in [-0.3, -0.25) is 9.59 Å². The van der Waals surface area contributed by atoms with Gasteiger partial charge in [-0.05, 0) is 47.9 Å². The van der Waals surface area contributed by atoms with E-state index in [9.17, 15) is 9.59 Å². The molecule has 4 nitrogen and oxygen atoms in total. The highest BCUT2D eigenvalue weighted by Crippen LogP contribution is 2.27. The quantitative estimate of drug-likeness (QED) is 0.817. The van der Waals surface area contributed by atoms with Crippen molar-refractivity contribution in [3.8, 4) is 0 Å². The summed E-state index contributed by atoms with van der Waals surface area (Å²) in [7, 11) is 0. The van der Waals surface area contributed by atoms with Crippen molar-refractivity contribution < 1.29 is 9.59 Å². The van der Waals surface area contributed by atoms with Crippen LogP contribution in [0.5, 0.6) is 0 Å². The van der Waals surface area contributed by atoms with Crippen LogP contribution in [0.15, 0.2) is 53.0 Å². The number of nitrogens with one attached hydrogen (secondary N) is 1. The molecular weight excluding hydrogens is 380 g/mol. The minimum atomic E-state index is -0.332. The number of amides is 2. The van der Waals surface area contributed by atoms with E-state index < -0.39 is 0 Å². The molecule has 1 N–H and O–H groups in total. The molecule has 1 fully saturated rings. The summed E-state index contributed by atoms with van der Waals surface area (Å²) in [4.78, 5) is 26.5. The first-order valence-corrected chi connectivity index (χ1v) is 9.20. The summed E-state index contributed by atoms with van der Waals surface area (Å²) in [5.41, 5.74) is 2.82. The van der Waals surface area contributed by atoms with Gasteiger partial charge in [-0.15, -0.1) is 0 Å². The third kappa shape index (κ3) is 4.10. The van der Waals surface area contributed by atoms with Gasteiger partial charge in [0.25, 0.3) is 0 Å². The average Bonchev–Trinajstić information content (AvgIpc) is 2.98. The van der Waals surface area contributed by atoms with Crippen molar-refractivity contribution in [2.24, 2.45) is 5.92 Å². The summed E-state index contributed by atoms with van der Waals surface area (Å²) in [6.07, 6.45) is 0.242. The Balaban J connectivity index is 1.65. The minimum Gasteiger partial charge on any atom is -0.326 e. The maximum Gasteiger partial charge on any atom is 0.229 e. The van der Waals surface area contributed by atoms with Gasteiger partial charge in [-0.2, -0.15) is 0 Å². The Kier molecular flexibility index (Phi) is 5.23. The Hall–Kier alpha value is -2.14. The summed E-state index contributed by atoms with van der Waals surface area (Å²) < 4.78 is 0.960. The van der Waals surface area contributed by atoms with Crippen molar-refractivity contribution in [2.75, 3.05) is 16.8 Å². The standard InChI is InChI=1S/C20H21BrN2O2/c1-13(2)14-3-7-17(8-4-14)22-20(25)15-11-19(24)23(12-15)18-9-5-16(21)6-10-18/h3-10,13,15H,11-12H2,1-2H3,(H,22,25). The van der Waals surface area contributed by atoms with Crippen LogP contribution in [0.4, 0.5) is 11.4 Å². The summed E-state index contributed by atoms with van der Waals surface area (Å²) in [5, 5.41) is 2.93. The van der Waals surface area contributed by atoms with Crippen LogP contribution in [-0.2, 0) is 9.59 Å². The topological polar surface area (TPSA) is 49.4 Å². The van der Waals surface area contributed by atoms with Crippen LogP contribution in [0, 0.1) is 5.92 Å². The van der Waals surface area contributed by atoms with Crippen LogP contribution in [0.2, 0.25) is 0 Å². The van der Waals surface area contributed by atoms with Gasteiger partial charge in [0.05, 0.1) is 5.92 Å². The predicted molar refractivity (Wildman–Crippen MR) is 104 cm³/mol. The van der Waals surface area contributed by atoms with Crippen LogP contribution in [0.3, 0.4) is 0 Å². The average molecular weight is 401 g/mol. The van der Waals surface area contributed by atoms with Gasteiger partial charge in [0.2, 0.25) is 11.8 Å². The van der Waals surface area contributed by atoms with Crippen molar-refractivity contribution in [3.05, 3.63) is 58.6 Å². The zero-order valence-corrected chi connectivity index (χ0v) is 15.9. The van der Waals surface area contributed by atoms with E-state index in [-0.39, 0.29) is 24.2 Å². The summed E-state index contributed by atoms with van der Waals surface area (Å²) in [5.74, 6) is 0.000446. The Morgan fingerprint density at radius 3 is 2.36 bits per heavy atom. The first-order valence-electron chi connectivity index (χ1n) is 8.41. The molecule has 1 aliphatic heterocycles. The second-order valence-electron chi connectivity index (χ2n) is 6.65. The monoisotopic (exact) mass is 400 g/mol. The molecule has 1 heterocycles. The highest BCUT2D eigenvalue weighted by atomic mass is 79.9. The number of carbonyl (C=O) groups is 2. The second-order valence-corrected chi connectivity index (χ2v) is 7.56. The maximum absolute atomic E-state index is 12.5. The smallest absolute Gasteiger partial charge is 0.229 e. The van der Waals surface area contributed by atoms with Crippen LogP contribution >= 0.6 is 15.9 Å². The lowest BCUT2D eigenvalue weighted by atomic mass is 10.0. The Labute approximate surface area is 156 Å². The van der Waals surface area contributed by atoms with Crippen LogP contribution in [0.25, 0.3) is 0 Å². The fraction of sp³-hybridized carbons (Fsp3) is 0.300. The van der Waals surface area contributed by atoms with Crippen molar-refractivity contribution in [3.63, 3.8) is 0 Å². The number of rotatable bonds is 4. The fourth-order valence-corrected chi connectivity index (χ4v) is 3.21. The van der Waals surface area contributed by atoms with Gasteiger partial charge in [0.1, 0.15) is 0 Å². The molecule has 25 heavy (non-hydrogen) atoms. The number of anilines is 2. The van der Waals surface area contributed by atoms with E-state index in [1.54, 1.807) is 4.90 Å². The number of nitrogens with zero attached hydrogens (tertiary/aromatic N) is 1. The van der Waals surface area contributed by atoms with Gasteiger partial charge in [-0.1, -0.05) is 41.9 Å². The molecule has 0 bridgehead atoms.